The summed E-state index contributed by atoms with van der Waals surface area (Å²) in [4.78, 5) is 13.2. The monoisotopic (exact) mass is 346 g/mol. The van der Waals surface area contributed by atoms with E-state index in [4.69, 9.17) is 0 Å². The second-order valence-electron chi connectivity index (χ2n) is 6.58. The van der Waals surface area contributed by atoms with Crippen molar-refractivity contribution in [3.63, 3.8) is 0 Å². The Balaban J connectivity index is 1.65. The van der Waals surface area contributed by atoms with Gasteiger partial charge in [-0.2, -0.15) is 18.3 Å². The quantitative estimate of drug-likeness (QED) is 0.865. The lowest BCUT2D eigenvalue weighted by Gasteiger charge is -2.26. The summed E-state index contributed by atoms with van der Waals surface area (Å²) in [7, 11) is 0. The smallest absolute Gasteiger partial charge is 0.379 e. The molecule has 1 aliphatic heterocycles. The molecule has 0 radical (unpaired) electrons. The van der Waals surface area contributed by atoms with Gasteiger partial charge in [-0.15, -0.1) is 0 Å². The first kappa shape index (κ1) is 17.1. The third-order valence-electron chi connectivity index (χ3n) is 4.89. The van der Waals surface area contributed by atoms with Crippen molar-refractivity contribution in [2.45, 2.75) is 56.3 Å². The molecule has 1 saturated heterocycles. The molecule has 1 unspecified atom stereocenters. The number of hydrogen-bond acceptors (Lipinski definition) is 3. The van der Waals surface area contributed by atoms with Crippen molar-refractivity contribution in [3.8, 4) is 0 Å². The molecule has 1 atom stereocenters. The average Bonchev–Trinajstić information content (AvgIpc) is 3.15. The zero-order valence-corrected chi connectivity index (χ0v) is 13.2. The summed E-state index contributed by atoms with van der Waals surface area (Å²) >= 11 is 0. The van der Waals surface area contributed by atoms with Gasteiger partial charge < -0.3 is 10.0 Å². The van der Waals surface area contributed by atoms with Crippen LogP contribution in [0.15, 0.2) is 12.3 Å². The molecule has 3 rings (SSSR count). The Hall–Kier alpha value is -1.77. The largest absolute Gasteiger partial charge is 0.419 e. The van der Waals surface area contributed by atoms with Crippen molar-refractivity contribution in [1.29, 1.82) is 0 Å². The Morgan fingerprint density at radius 3 is 2.67 bits per heavy atom. The highest BCUT2D eigenvalue weighted by Gasteiger charge is 2.57. The maximum absolute atomic E-state index is 12.8. The van der Waals surface area contributed by atoms with Crippen molar-refractivity contribution in [3.05, 3.63) is 12.3 Å². The maximum atomic E-state index is 12.8. The normalized spacial score (nSPS) is 25.9. The van der Waals surface area contributed by atoms with Gasteiger partial charge in [0.2, 0.25) is 0 Å². The van der Waals surface area contributed by atoms with Gasteiger partial charge in [-0.25, -0.2) is 9.48 Å². The molecule has 1 aliphatic carbocycles. The second-order valence-corrected chi connectivity index (χ2v) is 6.58. The molecule has 1 aromatic rings. The Kier molecular flexibility index (Phi) is 4.46. The molecule has 2 amide bonds. The fraction of sp³-hybridized carbons (Fsp3) is 0.733. The van der Waals surface area contributed by atoms with E-state index in [1.54, 1.807) is 16.9 Å². The molecule has 9 heteroatoms. The zero-order chi connectivity index (χ0) is 17.4. The van der Waals surface area contributed by atoms with Gasteiger partial charge in [-0.3, -0.25) is 5.32 Å². The molecule has 2 N–H and O–H groups in total. The van der Waals surface area contributed by atoms with Crippen LogP contribution >= 0.6 is 0 Å². The van der Waals surface area contributed by atoms with E-state index >= 15 is 0 Å². The molecular formula is C15H21F3N4O2. The summed E-state index contributed by atoms with van der Waals surface area (Å²) in [6, 6.07) is 1.20. The van der Waals surface area contributed by atoms with E-state index in [0.717, 1.165) is 30.6 Å². The van der Waals surface area contributed by atoms with E-state index in [0.29, 0.717) is 5.82 Å². The number of anilines is 1. The van der Waals surface area contributed by atoms with E-state index in [1.807, 2.05) is 0 Å². The van der Waals surface area contributed by atoms with Crippen LogP contribution in [0.1, 0.15) is 44.6 Å². The number of rotatable bonds is 2. The van der Waals surface area contributed by atoms with Crippen LogP contribution in [0.25, 0.3) is 0 Å². The molecule has 2 aliphatic rings. The number of nitrogens with one attached hydrogen (secondary N) is 1. The summed E-state index contributed by atoms with van der Waals surface area (Å²) in [5, 5.41) is 16.5. The number of carbonyl (C=O) groups excluding carboxylic acids is 1. The summed E-state index contributed by atoms with van der Waals surface area (Å²) in [6.45, 7) is -0.890. The van der Waals surface area contributed by atoms with Crippen molar-refractivity contribution in [2.75, 3.05) is 18.4 Å². The van der Waals surface area contributed by atoms with E-state index in [-0.39, 0.29) is 12.6 Å². The first-order valence-corrected chi connectivity index (χ1v) is 8.19. The number of amides is 2. The average molecular weight is 346 g/mol. The Morgan fingerprint density at radius 1 is 1.33 bits per heavy atom. The SMILES string of the molecule is O=C(Nc1ccnn1C1CCCCC1)N1CCC(O)(C(F)(F)F)C1. The summed E-state index contributed by atoms with van der Waals surface area (Å²) in [5.41, 5.74) is -2.83. The third-order valence-corrected chi connectivity index (χ3v) is 4.89. The molecule has 0 spiro atoms. The molecule has 1 saturated carbocycles. The number of halogens is 3. The Labute approximate surface area is 137 Å². The van der Waals surface area contributed by atoms with Crippen LogP contribution in [0.2, 0.25) is 0 Å². The first-order chi connectivity index (χ1) is 11.3. The highest BCUT2D eigenvalue weighted by Crippen LogP contribution is 2.38. The topological polar surface area (TPSA) is 70.4 Å². The van der Waals surface area contributed by atoms with Crippen LogP contribution in [0, 0.1) is 0 Å². The molecule has 134 valence electrons. The second kappa shape index (κ2) is 6.27. The van der Waals surface area contributed by atoms with Gasteiger partial charge in [0.1, 0.15) is 5.82 Å². The van der Waals surface area contributed by atoms with Crippen LogP contribution in [0.3, 0.4) is 0 Å². The van der Waals surface area contributed by atoms with E-state index in [2.05, 4.69) is 10.4 Å². The zero-order valence-electron chi connectivity index (χ0n) is 13.2. The Bertz CT molecular complexity index is 598. The highest BCUT2D eigenvalue weighted by atomic mass is 19.4. The van der Waals surface area contributed by atoms with Gasteiger partial charge in [-0.1, -0.05) is 19.3 Å². The Morgan fingerprint density at radius 2 is 2.04 bits per heavy atom. The minimum Gasteiger partial charge on any atom is -0.379 e. The van der Waals surface area contributed by atoms with Crippen LogP contribution in [-0.2, 0) is 0 Å². The molecule has 0 aromatic carbocycles. The van der Waals surface area contributed by atoms with Gasteiger partial charge in [0.25, 0.3) is 0 Å². The standard InChI is InChI=1S/C15H21F3N4O2/c16-15(17,18)14(24)7-9-21(10-14)13(23)20-12-6-8-19-22(12)11-4-2-1-3-5-11/h6,8,11,24H,1-5,7,9-10H2,(H,20,23). The van der Waals surface area contributed by atoms with Crippen LogP contribution < -0.4 is 5.32 Å². The van der Waals surface area contributed by atoms with E-state index in [9.17, 15) is 23.1 Å². The number of aliphatic hydroxyl groups is 1. The highest BCUT2D eigenvalue weighted by molar-refractivity contribution is 5.88. The summed E-state index contributed by atoms with van der Waals surface area (Å²) < 4.78 is 40.3. The van der Waals surface area contributed by atoms with Crippen molar-refractivity contribution >= 4 is 11.8 Å². The van der Waals surface area contributed by atoms with Crippen molar-refractivity contribution in [2.24, 2.45) is 0 Å². The molecule has 2 heterocycles. The van der Waals surface area contributed by atoms with Gasteiger partial charge in [0.15, 0.2) is 5.60 Å². The molecule has 0 bridgehead atoms. The van der Waals surface area contributed by atoms with Crippen LogP contribution in [-0.4, -0.2) is 50.7 Å². The predicted molar refractivity (Wildman–Crippen MR) is 80.6 cm³/mol. The van der Waals surface area contributed by atoms with Gasteiger partial charge in [-0.05, 0) is 12.8 Å². The van der Waals surface area contributed by atoms with E-state index < -0.39 is 30.8 Å². The summed E-state index contributed by atoms with van der Waals surface area (Å²) in [6.07, 6.45) is 1.65. The molecule has 2 fully saturated rings. The fourth-order valence-electron chi connectivity index (χ4n) is 3.42. The third kappa shape index (κ3) is 3.22. The lowest BCUT2D eigenvalue weighted by molar-refractivity contribution is -0.253. The number of carbonyl (C=O) groups is 1. The van der Waals surface area contributed by atoms with Crippen LogP contribution in [0.4, 0.5) is 23.8 Å². The van der Waals surface area contributed by atoms with Gasteiger partial charge in [0, 0.05) is 19.0 Å². The van der Waals surface area contributed by atoms with Crippen LogP contribution in [0.5, 0.6) is 0 Å². The van der Waals surface area contributed by atoms with Gasteiger partial charge >= 0.3 is 12.2 Å². The molecular weight excluding hydrogens is 325 g/mol. The number of likely N-dealkylation sites (tertiary alicyclic amines) is 1. The number of hydrogen-bond donors (Lipinski definition) is 2. The first-order valence-electron chi connectivity index (χ1n) is 8.19. The van der Waals surface area contributed by atoms with Crippen molar-refractivity contribution in [1.82, 2.24) is 14.7 Å². The minimum atomic E-state index is -4.74. The van der Waals surface area contributed by atoms with E-state index in [1.165, 1.54) is 6.42 Å². The number of urea groups is 1. The molecule has 1 aromatic heterocycles. The van der Waals surface area contributed by atoms with Crippen molar-refractivity contribution < 1.29 is 23.1 Å². The number of nitrogens with zero attached hydrogens (tertiary/aromatic N) is 3. The lowest BCUT2D eigenvalue weighted by atomic mass is 9.96. The molecule has 6 nitrogen and oxygen atoms in total. The number of β-amino-alcohol motifs (C(OH)–C–C–N with tert-alkyl or cyclic N) is 1. The minimum absolute atomic E-state index is 0.139. The predicted octanol–water partition coefficient (Wildman–Crippen LogP) is 2.92. The number of alkyl halides is 3. The number of aromatic nitrogens is 2. The maximum Gasteiger partial charge on any atom is 0.419 e. The summed E-state index contributed by atoms with van der Waals surface area (Å²) in [5.74, 6) is 0.481. The lowest BCUT2D eigenvalue weighted by Crippen LogP contribution is -2.48. The fourth-order valence-corrected chi connectivity index (χ4v) is 3.42. The van der Waals surface area contributed by atoms with Gasteiger partial charge in [0.05, 0.1) is 18.8 Å². The molecule has 24 heavy (non-hydrogen) atoms.